The highest BCUT2D eigenvalue weighted by Gasteiger charge is 2.09. The molecule has 0 aliphatic rings. The molecule has 15 heavy (non-hydrogen) atoms. The third-order valence-corrected chi connectivity index (χ3v) is 2.20. The first-order valence-corrected chi connectivity index (χ1v) is 5.06. The molecule has 0 atom stereocenters. The van der Waals surface area contributed by atoms with E-state index in [0.717, 1.165) is 18.7 Å². The van der Waals surface area contributed by atoms with E-state index in [0.29, 0.717) is 11.6 Å². The molecule has 0 bridgehead atoms. The number of hydrogen-bond acceptors (Lipinski definition) is 3. The van der Waals surface area contributed by atoms with Crippen LogP contribution in [0.25, 0.3) is 0 Å². The van der Waals surface area contributed by atoms with Crippen molar-refractivity contribution in [3.8, 4) is 0 Å². The van der Waals surface area contributed by atoms with Gasteiger partial charge in [-0.05, 0) is 19.3 Å². The molecule has 0 radical (unpaired) electrons. The van der Waals surface area contributed by atoms with Crippen LogP contribution < -0.4 is 0 Å². The molecule has 0 saturated heterocycles. The first-order chi connectivity index (χ1) is 7.00. The van der Waals surface area contributed by atoms with Crippen molar-refractivity contribution in [1.82, 2.24) is 9.97 Å². The second-order valence-corrected chi connectivity index (χ2v) is 4.02. The molecule has 1 N–H and O–H groups in total. The molecule has 1 heterocycles. The van der Waals surface area contributed by atoms with Gasteiger partial charge < -0.3 is 5.11 Å². The SMILES string of the molecule is Cc1nc(CCC(C)C)ncc1C(=O)O. The zero-order valence-electron chi connectivity index (χ0n) is 9.32. The van der Waals surface area contributed by atoms with Crippen molar-refractivity contribution in [2.75, 3.05) is 0 Å². The molecule has 0 aliphatic heterocycles. The lowest BCUT2D eigenvalue weighted by Gasteiger charge is -2.05. The Bertz CT molecular complexity index is 362. The quantitative estimate of drug-likeness (QED) is 0.822. The molecule has 82 valence electrons. The Morgan fingerprint density at radius 1 is 1.53 bits per heavy atom. The van der Waals surface area contributed by atoms with Gasteiger partial charge in [0.25, 0.3) is 0 Å². The third-order valence-electron chi connectivity index (χ3n) is 2.20. The summed E-state index contributed by atoms with van der Waals surface area (Å²) >= 11 is 0. The number of carboxylic acid groups (broad SMARTS) is 1. The first-order valence-electron chi connectivity index (χ1n) is 5.06. The molecule has 1 rings (SSSR count). The summed E-state index contributed by atoms with van der Waals surface area (Å²) in [6.45, 7) is 5.97. The third kappa shape index (κ3) is 3.31. The van der Waals surface area contributed by atoms with Crippen LogP contribution in [0, 0.1) is 12.8 Å². The number of aromatic carboxylic acids is 1. The smallest absolute Gasteiger partial charge is 0.339 e. The average Bonchev–Trinajstić information content (AvgIpc) is 2.14. The van der Waals surface area contributed by atoms with E-state index in [9.17, 15) is 4.79 Å². The number of aryl methyl sites for hydroxylation is 2. The van der Waals surface area contributed by atoms with Gasteiger partial charge in [0.2, 0.25) is 0 Å². The minimum atomic E-state index is -0.970. The summed E-state index contributed by atoms with van der Waals surface area (Å²) in [5.41, 5.74) is 0.722. The predicted molar refractivity (Wildman–Crippen MR) is 56.9 cm³/mol. The van der Waals surface area contributed by atoms with Crippen LogP contribution in [-0.2, 0) is 6.42 Å². The normalized spacial score (nSPS) is 10.7. The van der Waals surface area contributed by atoms with Crippen LogP contribution in [0.4, 0.5) is 0 Å². The molecule has 1 aromatic heterocycles. The largest absolute Gasteiger partial charge is 0.478 e. The number of carboxylic acids is 1. The number of aromatic nitrogens is 2. The Hall–Kier alpha value is -1.45. The topological polar surface area (TPSA) is 63.1 Å². The van der Waals surface area contributed by atoms with E-state index in [1.54, 1.807) is 6.92 Å². The summed E-state index contributed by atoms with van der Waals surface area (Å²) in [5.74, 6) is 0.363. The van der Waals surface area contributed by atoms with Crippen LogP contribution in [0.5, 0.6) is 0 Å². The summed E-state index contributed by atoms with van der Waals surface area (Å²) in [6.07, 6.45) is 3.21. The van der Waals surface area contributed by atoms with Gasteiger partial charge in [-0.3, -0.25) is 0 Å². The standard InChI is InChI=1S/C11H16N2O2/c1-7(2)4-5-10-12-6-9(11(14)15)8(3)13-10/h6-7H,4-5H2,1-3H3,(H,14,15). The van der Waals surface area contributed by atoms with Gasteiger partial charge in [0, 0.05) is 12.6 Å². The van der Waals surface area contributed by atoms with E-state index in [4.69, 9.17) is 5.11 Å². The Morgan fingerprint density at radius 2 is 2.20 bits per heavy atom. The van der Waals surface area contributed by atoms with E-state index in [-0.39, 0.29) is 5.56 Å². The van der Waals surface area contributed by atoms with Crippen molar-refractivity contribution in [2.45, 2.75) is 33.6 Å². The van der Waals surface area contributed by atoms with Gasteiger partial charge in [-0.15, -0.1) is 0 Å². The monoisotopic (exact) mass is 208 g/mol. The second-order valence-electron chi connectivity index (χ2n) is 4.02. The van der Waals surface area contributed by atoms with Gasteiger partial charge in [-0.2, -0.15) is 0 Å². The fourth-order valence-corrected chi connectivity index (χ4v) is 1.26. The molecule has 0 aromatic carbocycles. The van der Waals surface area contributed by atoms with Crippen LogP contribution in [0.15, 0.2) is 6.20 Å². The lowest BCUT2D eigenvalue weighted by atomic mass is 10.1. The maximum absolute atomic E-state index is 10.7. The van der Waals surface area contributed by atoms with E-state index >= 15 is 0 Å². The van der Waals surface area contributed by atoms with Gasteiger partial charge in [-0.25, -0.2) is 14.8 Å². The van der Waals surface area contributed by atoms with Crippen molar-refractivity contribution in [2.24, 2.45) is 5.92 Å². The number of rotatable bonds is 4. The van der Waals surface area contributed by atoms with E-state index in [1.165, 1.54) is 6.20 Å². The van der Waals surface area contributed by atoms with Gasteiger partial charge in [0.15, 0.2) is 0 Å². The molecule has 0 aliphatic carbocycles. The van der Waals surface area contributed by atoms with Crippen LogP contribution in [-0.4, -0.2) is 21.0 Å². The van der Waals surface area contributed by atoms with Gasteiger partial charge in [0.05, 0.1) is 11.3 Å². The molecular weight excluding hydrogens is 192 g/mol. The Morgan fingerprint density at radius 3 is 2.67 bits per heavy atom. The lowest BCUT2D eigenvalue weighted by molar-refractivity contribution is 0.0695. The van der Waals surface area contributed by atoms with Crippen molar-refractivity contribution in [3.05, 3.63) is 23.3 Å². The maximum Gasteiger partial charge on any atom is 0.339 e. The Labute approximate surface area is 89.4 Å². The molecule has 0 spiro atoms. The fourth-order valence-electron chi connectivity index (χ4n) is 1.26. The lowest BCUT2D eigenvalue weighted by Crippen LogP contribution is -2.07. The average molecular weight is 208 g/mol. The summed E-state index contributed by atoms with van der Waals surface area (Å²) in [4.78, 5) is 18.9. The Kier molecular flexibility index (Phi) is 3.77. The maximum atomic E-state index is 10.7. The van der Waals surface area contributed by atoms with Crippen LogP contribution in [0.1, 0.15) is 42.1 Å². The summed E-state index contributed by atoms with van der Waals surface area (Å²) in [5, 5.41) is 8.79. The van der Waals surface area contributed by atoms with Crippen molar-refractivity contribution < 1.29 is 9.90 Å². The van der Waals surface area contributed by atoms with E-state index < -0.39 is 5.97 Å². The zero-order valence-corrected chi connectivity index (χ0v) is 9.32. The highest BCUT2D eigenvalue weighted by Crippen LogP contribution is 2.08. The van der Waals surface area contributed by atoms with Gasteiger partial charge in [-0.1, -0.05) is 13.8 Å². The number of carbonyl (C=O) groups is 1. The Balaban J connectivity index is 2.78. The molecule has 4 nitrogen and oxygen atoms in total. The molecular formula is C11H16N2O2. The molecule has 0 unspecified atom stereocenters. The highest BCUT2D eigenvalue weighted by atomic mass is 16.4. The van der Waals surface area contributed by atoms with E-state index in [1.807, 2.05) is 0 Å². The molecule has 0 saturated carbocycles. The van der Waals surface area contributed by atoms with Crippen LogP contribution in [0.2, 0.25) is 0 Å². The first kappa shape index (κ1) is 11.6. The van der Waals surface area contributed by atoms with E-state index in [2.05, 4.69) is 23.8 Å². The molecule has 4 heteroatoms. The minimum Gasteiger partial charge on any atom is -0.478 e. The zero-order chi connectivity index (χ0) is 11.4. The second kappa shape index (κ2) is 4.87. The summed E-state index contributed by atoms with van der Waals surface area (Å²) < 4.78 is 0. The summed E-state index contributed by atoms with van der Waals surface area (Å²) in [7, 11) is 0. The highest BCUT2D eigenvalue weighted by molar-refractivity contribution is 5.88. The molecule has 0 fully saturated rings. The van der Waals surface area contributed by atoms with Crippen molar-refractivity contribution in [3.63, 3.8) is 0 Å². The molecule has 0 amide bonds. The minimum absolute atomic E-state index is 0.184. The van der Waals surface area contributed by atoms with Gasteiger partial charge in [0.1, 0.15) is 5.82 Å². The summed E-state index contributed by atoms with van der Waals surface area (Å²) in [6, 6.07) is 0. The fraction of sp³-hybridized carbons (Fsp3) is 0.545. The van der Waals surface area contributed by atoms with Crippen molar-refractivity contribution >= 4 is 5.97 Å². The predicted octanol–water partition coefficient (Wildman–Crippen LogP) is 2.07. The molecule has 1 aromatic rings. The number of hydrogen-bond donors (Lipinski definition) is 1. The van der Waals surface area contributed by atoms with Gasteiger partial charge >= 0.3 is 5.97 Å². The van der Waals surface area contributed by atoms with Crippen molar-refractivity contribution in [1.29, 1.82) is 0 Å². The van der Waals surface area contributed by atoms with Crippen LogP contribution in [0.3, 0.4) is 0 Å². The number of nitrogens with zero attached hydrogens (tertiary/aromatic N) is 2. The van der Waals surface area contributed by atoms with Crippen LogP contribution >= 0.6 is 0 Å².